The third-order valence-electron chi connectivity index (χ3n) is 4.82. The molecule has 6 nitrogen and oxygen atoms in total. The number of nitrogens with one attached hydrogen (secondary N) is 1. The van der Waals surface area contributed by atoms with Crippen molar-refractivity contribution in [3.63, 3.8) is 0 Å². The highest BCUT2D eigenvalue weighted by Crippen LogP contribution is 2.40. The number of hydroxylamine groups is 2. The third kappa shape index (κ3) is 3.64. The molecule has 2 aromatic carbocycles. The van der Waals surface area contributed by atoms with Gasteiger partial charge in [0.25, 0.3) is 0 Å². The van der Waals surface area contributed by atoms with Crippen LogP contribution in [0.3, 0.4) is 0 Å². The summed E-state index contributed by atoms with van der Waals surface area (Å²) in [4.78, 5) is 24.2. The van der Waals surface area contributed by atoms with Gasteiger partial charge in [-0.1, -0.05) is 54.0 Å². The highest BCUT2D eigenvalue weighted by Gasteiger charge is 2.50. The fourth-order valence-electron chi connectivity index (χ4n) is 3.46. The van der Waals surface area contributed by atoms with Gasteiger partial charge in [-0.3, -0.25) is 5.32 Å². The van der Waals surface area contributed by atoms with Crippen LogP contribution in [0.1, 0.15) is 37.7 Å². The zero-order chi connectivity index (χ0) is 18.7. The van der Waals surface area contributed by atoms with Gasteiger partial charge in [-0.15, -0.1) is 5.06 Å². The summed E-state index contributed by atoms with van der Waals surface area (Å²) in [7, 11) is 0. The van der Waals surface area contributed by atoms with E-state index in [1.54, 1.807) is 11.1 Å². The van der Waals surface area contributed by atoms with E-state index in [2.05, 4.69) is 26.4 Å². The minimum Gasteiger partial charge on any atom is -0.362 e. The molecule has 1 fully saturated rings. The standard InChI is InChI=1S/C20H20BrN3O3/c21-16-11-5-6-12-17(16)22-19(25)26-24-18(15-9-3-1-4-10-15)23-27-20(24)13-7-2-8-14-20/h1,3-6,9-12H,2,7-8,13-14H2,(H,22,25). The molecule has 0 saturated heterocycles. The van der Waals surface area contributed by atoms with Crippen LogP contribution < -0.4 is 5.32 Å². The Balaban J connectivity index is 1.58. The second-order valence-corrected chi connectivity index (χ2v) is 7.51. The molecule has 1 aliphatic carbocycles. The average molecular weight is 430 g/mol. The quantitative estimate of drug-likeness (QED) is 0.721. The van der Waals surface area contributed by atoms with Gasteiger partial charge in [-0.05, 0) is 40.9 Å². The monoisotopic (exact) mass is 429 g/mol. The molecule has 1 spiro atoms. The summed E-state index contributed by atoms with van der Waals surface area (Å²) in [6, 6.07) is 17.0. The summed E-state index contributed by atoms with van der Waals surface area (Å²) in [5, 5.41) is 8.59. The first-order valence-corrected chi connectivity index (χ1v) is 9.83. The Morgan fingerprint density at radius 3 is 2.52 bits per heavy atom. The van der Waals surface area contributed by atoms with E-state index in [4.69, 9.17) is 9.68 Å². The molecule has 2 aliphatic rings. The second kappa shape index (κ2) is 7.60. The lowest BCUT2D eigenvalue weighted by molar-refractivity contribution is -0.224. The summed E-state index contributed by atoms with van der Waals surface area (Å²) in [5.74, 6) is 0.514. The van der Waals surface area contributed by atoms with Gasteiger partial charge in [0.15, 0.2) is 0 Å². The highest BCUT2D eigenvalue weighted by atomic mass is 79.9. The minimum atomic E-state index is -0.727. The second-order valence-electron chi connectivity index (χ2n) is 6.66. The number of para-hydroxylation sites is 1. The van der Waals surface area contributed by atoms with Gasteiger partial charge in [-0.25, -0.2) is 4.79 Å². The van der Waals surface area contributed by atoms with Crippen LogP contribution in [0, 0.1) is 0 Å². The van der Waals surface area contributed by atoms with Crippen LogP contribution in [0.2, 0.25) is 0 Å². The fourth-order valence-corrected chi connectivity index (χ4v) is 3.84. The number of hydrogen-bond acceptors (Lipinski definition) is 5. The molecule has 140 valence electrons. The molecule has 1 heterocycles. The Kier molecular flexibility index (Phi) is 5.03. The minimum absolute atomic E-state index is 0.514. The van der Waals surface area contributed by atoms with E-state index in [9.17, 15) is 4.79 Å². The maximum Gasteiger partial charge on any atom is 0.436 e. The van der Waals surface area contributed by atoms with Crippen LogP contribution in [0.15, 0.2) is 64.2 Å². The van der Waals surface area contributed by atoms with Crippen molar-refractivity contribution in [1.29, 1.82) is 0 Å². The Morgan fingerprint density at radius 1 is 1.07 bits per heavy atom. The first-order chi connectivity index (χ1) is 13.2. The van der Waals surface area contributed by atoms with Gasteiger partial charge in [0, 0.05) is 22.9 Å². The molecule has 2 aromatic rings. The Hall–Kier alpha value is -2.54. The molecule has 27 heavy (non-hydrogen) atoms. The average Bonchev–Trinajstić information content (AvgIpc) is 3.02. The van der Waals surface area contributed by atoms with Gasteiger partial charge in [0.05, 0.1) is 5.69 Å². The number of amidine groups is 1. The molecule has 0 aromatic heterocycles. The molecule has 1 amide bonds. The number of halogens is 1. The molecular weight excluding hydrogens is 410 g/mol. The van der Waals surface area contributed by atoms with Gasteiger partial charge in [0.2, 0.25) is 11.6 Å². The lowest BCUT2D eigenvalue weighted by Crippen LogP contribution is -2.51. The lowest BCUT2D eigenvalue weighted by atomic mass is 9.91. The molecule has 0 bridgehead atoms. The maximum atomic E-state index is 12.6. The number of anilines is 1. The van der Waals surface area contributed by atoms with Crippen molar-refractivity contribution in [2.45, 2.75) is 37.8 Å². The smallest absolute Gasteiger partial charge is 0.362 e. The van der Waals surface area contributed by atoms with Crippen molar-refractivity contribution in [1.82, 2.24) is 5.06 Å². The van der Waals surface area contributed by atoms with Gasteiger partial charge >= 0.3 is 6.09 Å². The van der Waals surface area contributed by atoms with Crippen molar-refractivity contribution < 1.29 is 14.5 Å². The number of hydrogen-bond donors (Lipinski definition) is 1. The Bertz CT molecular complexity index is 851. The summed E-state index contributed by atoms with van der Waals surface area (Å²) >= 11 is 3.42. The first kappa shape index (κ1) is 17.9. The van der Waals surface area contributed by atoms with Crippen molar-refractivity contribution in [2.24, 2.45) is 5.16 Å². The SMILES string of the molecule is O=C(Nc1ccccc1Br)ON1C(c2ccccc2)=NOC12CCCCC2. The first-order valence-electron chi connectivity index (χ1n) is 9.03. The van der Waals surface area contributed by atoms with E-state index in [1.807, 2.05) is 48.5 Å². The summed E-state index contributed by atoms with van der Waals surface area (Å²) < 4.78 is 0.781. The molecule has 4 rings (SSSR count). The summed E-state index contributed by atoms with van der Waals surface area (Å²) in [5.41, 5.74) is 0.751. The largest absolute Gasteiger partial charge is 0.436 e. The maximum absolute atomic E-state index is 12.6. The van der Waals surface area contributed by atoms with E-state index in [1.165, 1.54) is 0 Å². The van der Waals surface area contributed by atoms with Crippen LogP contribution in [0.25, 0.3) is 0 Å². The normalized spacial score (nSPS) is 18.0. The highest BCUT2D eigenvalue weighted by molar-refractivity contribution is 9.10. The number of carbonyl (C=O) groups is 1. The molecule has 0 radical (unpaired) electrons. The molecule has 1 N–H and O–H groups in total. The number of amides is 1. The van der Waals surface area contributed by atoms with Crippen LogP contribution >= 0.6 is 15.9 Å². The fraction of sp³-hybridized carbons (Fsp3) is 0.300. The topological polar surface area (TPSA) is 63.2 Å². The van der Waals surface area contributed by atoms with E-state index in [-0.39, 0.29) is 0 Å². The van der Waals surface area contributed by atoms with Crippen LogP contribution in [-0.2, 0) is 9.68 Å². The number of benzene rings is 2. The summed E-state index contributed by atoms with van der Waals surface area (Å²) in [6.07, 6.45) is 4.08. The van der Waals surface area contributed by atoms with Crippen molar-refractivity contribution in [3.05, 3.63) is 64.6 Å². The molecule has 1 saturated carbocycles. The van der Waals surface area contributed by atoms with E-state index in [0.29, 0.717) is 11.5 Å². The van der Waals surface area contributed by atoms with Crippen LogP contribution in [0.4, 0.5) is 10.5 Å². The predicted octanol–water partition coefficient (Wildman–Crippen LogP) is 5.27. The van der Waals surface area contributed by atoms with Crippen LogP contribution in [-0.4, -0.2) is 22.7 Å². The third-order valence-corrected chi connectivity index (χ3v) is 5.51. The van der Waals surface area contributed by atoms with Crippen LogP contribution in [0.5, 0.6) is 0 Å². The summed E-state index contributed by atoms with van der Waals surface area (Å²) in [6.45, 7) is 0. The zero-order valence-electron chi connectivity index (χ0n) is 14.7. The zero-order valence-corrected chi connectivity index (χ0v) is 16.3. The van der Waals surface area contributed by atoms with Crippen molar-refractivity contribution >= 4 is 33.5 Å². The Morgan fingerprint density at radius 2 is 1.78 bits per heavy atom. The Labute approximate surface area is 166 Å². The molecular formula is C20H20BrN3O3. The number of rotatable bonds is 3. The van der Waals surface area contributed by atoms with E-state index >= 15 is 0 Å². The van der Waals surface area contributed by atoms with E-state index in [0.717, 1.165) is 42.1 Å². The number of oxime groups is 1. The lowest BCUT2D eigenvalue weighted by Gasteiger charge is -2.37. The molecule has 0 atom stereocenters. The molecule has 0 unspecified atom stereocenters. The number of nitrogens with zero attached hydrogens (tertiary/aromatic N) is 2. The van der Waals surface area contributed by atoms with Crippen molar-refractivity contribution in [3.8, 4) is 0 Å². The van der Waals surface area contributed by atoms with Crippen molar-refractivity contribution in [2.75, 3.05) is 5.32 Å². The predicted molar refractivity (Wildman–Crippen MR) is 106 cm³/mol. The number of carbonyl (C=O) groups excluding carboxylic acids is 1. The van der Waals surface area contributed by atoms with Gasteiger partial charge < -0.3 is 9.68 Å². The van der Waals surface area contributed by atoms with E-state index < -0.39 is 11.8 Å². The van der Waals surface area contributed by atoms with Gasteiger partial charge in [0.1, 0.15) is 0 Å². The molecule has 7 heteroatoms. The van der Waals surface area contributed by atoms with Gasteiger partial charge in [-0.2, -0.15) is 0 Å². The molecule has 1 aliphatic heterocycles.